The lowest BCUT2D eigenvalue weighted by molar-refractivity contribution is 0.0419. The Kier molecular flexibility index (Phi) is 5.71. The second kappa shape index (κ2) is 6.85. The van der Waals surface area contributed by atoms with Gasteiger partial charge in [-0.3, -0.25) is 4.55 Å². The van der Waals surface area contributed by atoms with Crippen LogP contribution in [0.3, 0.4) is 0 Å². The number of rotatable bonds is 7. The van der Waals surface area contributed by atoms with Crippen LogP contribution in [0.15, 0.2) is 24.3 Å². The van der Waals surface area contributed by atoms with Gasteiger partial charge in [-0.05, 0) is 12.1 Å². The van der Waals surface area contributed by atoms with Gasteiger partial charge in [-0.25, -0.2) is 12.6 Å². The maximum atomic E-state index is 10.8. The van der Waals surface area contributed by atoms with E-state index < -0.39 is 39.3 Å². The van der Waals surface area contributed by atoms with E-state index in [2.05, 4.69) is 4.18 Å². The van der Waals surface area contributed by atoms with E-state index in [1.165, 1.54) is 12.1 Å². The van der Waals surface area contributed by atoms with Crippen LogP contribution in [-0.4, -0.2) is 44.6 Å². The lowest BCUT2D eigenvalue weighted by Gasteiger charge is -2.17. The molecular formula is C9H13NO8S2. The number of hydrogen-bond donors (Lipinski definition) is 4. The summed E-state index contributed by atoms with van der Waals surface area (Å²) in [4.78, 5) is 0. The first-order valence-corrected chi connectivity index (χ1v) is 7.76. The summed E-state index contributed by atoms with van der Waals surface area (Å²) in [5.74, 6) is 0.179. The molecule has 1 aromatic rings. The standard InChI is InChI=1S/C9H13NO8S2/c10-6-3-1-2-4-8(6)17-5-7(11)9(19(12)13)18-20(14,15)16/h1-4,7,9,11,19H,5,10H2,(H,14,15,16). The highest BCUT2D eigenvalue weighted by atomic mass is 32.3. The highest BCUT2D eigenvalue weighted by Gasteiger charge is 2.29. The molecule has 0 fully saturated rings. The van der Waals surface area contributed by atoms with Crippen molar-refractivity contribution >= 4 is 26.8 Å². The van der Waals surface area contributed by atoms with E-state index >= 15 is 0 Å². The zero-order valence-corrected chi connectivity index (χ0v) is 11.7. The normalized spacial score (nSPS) is 14.9. The SMILES string of the molecule is Nc1ccccc1OCC(O)C(OS(=O)(=O)O)[SH](=O)=O. The summed E-state index contributed by atoms with van der Waals surface area (Å²) in [7, 11) is -8.51. The van der Waals surface area contributed by atoms with Crippen molar-refractivity contribution in [3.05, 3.63) is 24.3 Å². The maximum Gasteiger partial charge on any atom is 0.398 e. The summed E-state index contributed by atoms with van der Waals surface area (Å²) in [5, 5.41) is 9.54. The van der Waals surface area contributed by atoms with Crippen LogP contribution in [0.25, 0.3) is 0 Å². The summed E-state index contributed by atoms with van der Waals surface area (Å²) >= 11 is 0. The number of para-hydroxylation sites is 2. The Morgan fingerprint density at radius 2 is 1.90 bits per heavy atom. The molecule has 0 aliphatic rings. The Morgan fingerprint density at radius 3 is 2.40 bits per heavy atom. The number of aliphatic hydroxyl groups excluding tert-OH is 1. The summed E-state index contributed by atoms with van der Waals surface area (Å²) in [5.41, 5.74) is 3.64. The van der Waals surface area contributed by atoms with Crippen molar-refractivity contribution in [3.63, 3.8) is 0 Å². The molecule has 0 spiro atoms. The summed E-state index contributed by atoms with van der Waals surface area (Å²) in [6, 6.07) is 6.22. The number of nitrogens with two attached hydrogens (primary N) is 1. The Morgan fingerprint density at radius 1 is 1.30 bits per heavy atom. The second-order valence-corrected chi connectivity index (χ2v) is 5.74. The van der Waals surface area contributed by atoms with Gasteiger partial charge in [0.2, 0.25) is 5.44 Å². The van der Waals surface area contributed by atoms with Crippen molar-refractivity contribution in [2.45, 2.75) is 11.5 Å². The van der Waals surface area contributed by atoms with Crippen LogP contribution >= 0.6 is 0 Å². The number of benzene rings is 1. The predicted molar refractivity (Wildman–Crippen MR) is 69.1 cm³/mol. The zero-order valence-electron chi connectivity index (χ0n) is 9.95. The molecule has 2 atom stereocenters. The molecule has 0 amide bonds. The lowest BCUT2D eigenvalue weighted by atomic mass is 10.3. The average Bonchev–Trinajstić information content (AvgIpc) is 2.33. The topological polar surface area (TPSA) is 153 Å². The van der Waals surface area contributed by atoms with Crippen molar-refractivity contribution in [1.82, 2.24) is 0 Å². The molecule has 11 heteroatoms. The largest absolute Gasteiger partial charge is 0.489 e. The van der Waals surface area contributed by atoms with Gasteiger partial charge in [-0.1, -0.05) is 12.1 Å². The molecule has 0 saturated carbocycles. The van der Waals surface area contributed by atoms with Gasteiger partial charge in [0, 0.05) is 0 Å². The van der Waals surface area contributed by atoms with Gasteiger partial charge in [0.25, 0.3) is 0 Å². The minimum Gasteiger partial charge on any atom is -0.489 e. The van der Waals surface area contributed by atoms with Crippen LogP contribution in [0.1, 0.15) is 0 Å². The number of anilines is 1. The minimum atomic E-state index is -5.03. The Labute approximate surface area is 116 Å². The third-order valence-corrected chi connectivity index (χ3v) is 3.54. The highest BCUT2D eigenvalue weighted by molar-refractivity contribution is 7.82. The molecule has 0 saturated heterocycles. The molecule has 0 aliphatic carbocycles. The van der Waals surface area contributed by atoms with Crippen LogP contribution in [0.2, 0.25) is 0 Å². The number of ether oxygens (including phenoxy) is 1. The fraction of sp³-hybridized carbons (Fsp3) is 0.333. The Balaban J connectivity index is 2.73. The van der Waals surface area contributed by atoms with Gasteiger partial charge in [0.05, 0.1) is 5.69 Å². The molecular weight excluding hydrogens is 314 g/mol. The molecule has 0 aromatic heterocycles. The minimum absolute atomic E-state index is 0.179. The zero-order chi connectivity index (χ0) is 15.3. The van der Waals surface area contributed by atoms with Crippen molar-refractivity contribution < 1.29 is 35.4 Å². The molecule has 1 rings (SSSR count). The number of thiol groups is 1. The molecule has 2 unspecified atom stereocenters. The Hall–Kier alpha value is -1.40. The first-order valence-electron chi connectivity index (χ1n) is 5.15. The van der Waals surface area contributed by atoms with E-state index in [0.29, 0.717) is 0 Å². The van der Waals surface area contributed by atoms with Crippen molar-refractivity contribution in [3.8, 4) is 5.75 Å². The third kappa shape index (κ3) is 5.30. The smallest absolute Gasteiger partial charge is 0.398 e. The van der Waals surface area contributed by atoms with E-state index in [1.807, 2.05) is 0 Å². The van der Waals surface area contributed by atoms with Crippen LogP contribution in [-0.2, 0) is 25.3 Å². The molecule has 20 heavy (non-hydrogen) atoms. The average molecular weight is 327 g/mol. The molecule has 4 N–H and O–H groups in total. The van der Waals surface area contributed by atoms with Crippen molar-refractivity contribution in [2.24, 2.45) is 0 Å². The summed E-state index contributed by atoms with van der Waals surface area (Å²) < 4.78 is 59.9. The monoisotopic (exact) mass is 327 g/mol. The van der Waals surface area contributed by atoms with Crippen molar-refractivity contribution in [1.29, 1.82) is 0 Å². The molecule has 1 aromatic carbocycles. The van der Waals surface area contributed by atoms with Gasteiger partial charge in [-0.15, -0.1) is 0 Å². The number of hydrogen-bond acceptors (Lipinski definition) is 8. The molecule has 114 valence electrons. The first kappa shape index (κ1) is 16.7. The first-order chi connectivity index (χ1) is 9.20. The van der Waals surface area contributed by atoms with E-state index in [4.69, 9.17) is 15.0 Å². The van der Waals surface area contributed by atoms with E-state index in [9.17, 15) is 21.9 Å². The molecule has 0 aliphatic heterocycles. The third-order valence-electron chi connectivity index (χ3n) is 2.09. The summed E-state index contributed by atoms with van der Waals surface area (Å²) in [6.45, 7) is -0.599. The van der Waals surface area contributed by atoms with Gasteiger partial charge in [0.15, 0.2) is 10.7 Å². The Bertz CT molecular complexity index is 619. The van der Waals surface area contributed by atoms with Gasteiger partial charge < -0.3 is 15.6 Å². The molecule has 0 bridgehead atoms. The highest BCUT2D eigenvalue weighted by Crippen LogP contribution is 2.20. The van der Waals surface area contributed by atoms with Crippen LogP contribution in [0, 0.1) is 0 Å². The van der Waals surface area contributed by atoms with E-state index in [-0.39, 0.29) is 11.4 Å². The summed E-state index contributed by atoms with van der Waals surface area (Å²) in [6.07, 6.45) is -1.84. The van der Waals surface area contributed by atoms with Gasteiger partial charge in [-0.2, -0.15) is 8.42 Å². The maximum absolute atomic E-state index is 10.8. The molecule has 9 nitrogen and oxygen atoms in total. The number of aliphatic hydroxyl groups is 1. The van der Waals surface area contributed by atoms with Crippen LogP contribution in [0.5, 0.6) is 5.75 Å². The fourth-order valence-corrected chi connectivity index (χ4v) is 2.59. The second-order valence-electron chi connectivity index (χ2n) is 3.62. The van der Waals surface area contributed by atoms with Crippen LogP contribution < -0.4 is 10.5 Å². The van der Waals surface area contributed by atoms with Gasteiger partial charge >= 0.3 is 10.4 Å². The van der Waals surface area contributed by atoms with Crippen LogP contribution in [0.4, 0.5) is 5.69 Å². The number of nitrogen functional groups attached to an aromatic ring is 1. The van der Waals surface area contributed by atoms with Gasteiger partial charge in [0.1, 0.15) is 18.5 Å². The fourth-order valence-electron chi connectivity index (χ4n) is 1.23. The van der Waals surface area contributed by atoms with E-state index in [1.54, 1.807) is 12.1 Å². The van der Waals surface area contributed by atoms with Crippen molar-refractivity contribution in [2.75, 3.05) is 12.3 Å². The predicted octanol–water partition coefficient (Wildman–Crippen LogP) is -1.23. The molecule has 0 radical (unpaired) electrons. The lowest BCUT2D eigenvalue weighted by Crippen LogP contribution is -2.36. The van der Waals surface area contributed by atoms with E-state index in [0.717, 1.165) is 0 Å². The molecule has 0 heterocycles. The quantitative estimate of drug-likeness (QED) is 0.274.